The van der Waals surface area contributed by atoms with E-state index in [1.54, 1.807) is 0 Å². The average molecular weight is 315 g/mol. The molecule has 0 aliphatic heterocycles. The summed E-state index contributed by atoms with van der Waals surface area (Å²) in [6.07, 6.45) is -1.46. The molecule has 1 atom stereocenters. The summed E-state index contributed by atoms with van der Waals surface area (Å²) < 4.78 is 37.6. The predicted molar refractivity (Wildman–Crippen MR) is 76.4 cm³/mol. The smallest absolute Gasteiger partial charge is 0.416 e. The lowest BCUT2D eigenvalue weighted by Crippen LogP contribution is -2.36. The van der Waals surface area contributed by atoms with Gasteiger partial charge in [-0.05, 0) is 50.3 Å². The molecule has 0 aromatic heterocycles. The molecular weight excluding hydrogens is 295 g/mol. The molecule has 0 heterocycles. The highest BCUT2D eigenvalue weighted by molar-refractivity contribution is 5.70. The maximum Gasteiger partial charge on any atom is 0.416 e. The molecule has 6 heteroatoms. The van der Waals surface area contributed by atoms with Crippen molar-refractivity contribution in [3.8, 4) is 0 Å². The molecule has 2 N–H and O–H groups in total. The third-order valence-corrected chi connectivity index (χ3v) is 4.30. The van der Waals surface area contributed by atoms with Crippen molar-refractivity contribution in [1.29, 1.82) is 0 Å². The standard InChI is InChI=1S/C16H20F3NO2/c1-10(11-2-6-13(7-3-11)16(17,18)19)20-14-8-4-12(5-9-14)15(21)22/h2-3,6-7,10,12,14,20H,4-5,8-9H2,1H3,(H,21,22)/t10-,12?,14?/m0/s1. The lowest BCUT2D eigenvalue weighted by atomic mass is 9.85. The first kappa shape index (κ1) is 16.8. The van der Waals surface area contributed by atoms with Crippen LogP contribution in [0.2, 0.25) is 0 Å². The number of hydrogen-bond donors (Lipinski definition) is 2. The molecule has 122 valence electrons. The number of carbonyl (C=O) groups is 1. The molecular formula is C16H20F3NO2. The Morgan fingerprint density at radius 3 is 2.18 bits per heavy atom. The van der Waals surface area contributed by atoms with E-state index in [4.69, 9.17) is 5.11 Å². The van der Waals surface area contributed by atoms with Gasteiger partial charge in [0.2, 0.25) is 0 Å². The molecule has 1 fully saturated rings. The number of benzene rings is 1. The van der Waals surface area contributed by atoms with Gasteiger partial charge < -0.3 is 10.4 Å². The lowest BCUT2D eigenvalue weighted by Gasteiger charge is -2.29. The van der Waals surface area contributed by atoms with Gasteiger partial charge in [-0.1, -0.05) is 12.1 Å². The normalized spacial score (nSPS) is 24.0. The molecule has 0 saturated heterocycles. The highest BCUT2D eigenvalue weighted by Crippen LogP contribution is 2.30. The van der Waals surface area contributed by atoms with Crippen molar-refractivity contribution >= 4 is 5.97 Å². The molecule has 1 aromatic rings. The summed E-state index contributed by atoms with van der Waals surface area (Å²) in [6, 6.07) is 5.32. The van der Waals surface area contributed by atoms with Crippen molar-refractivity contribution in [3.05, 3.63) is 35.4 Å². The lowest BCUT2D eigenvalue weighted by molar-refractivity contribution is -0.143. The van der Waals surface area contributed by atoms with Crippen LogP contribution in [0.1, 0.15) is 49.8 Å². The van der Waals surface area contributed by atoms with E-state index < -0.39 is 17.7 Å². The van der Waals surface area contributed by atoms with Crippen LogP contribution >= 0.6 is 0 Å². The van der Waals surface area contributed by atoms with Crippen LogP contribution in [-0.4, -0.2) is 17.1 Å². The SMILES string of the molecule is C[C@H](NC1CCC(C(=O)O)CC1)c1ccc(C(F)(F)F)cc1. The maximum absolute atomic E-state index is 12.5. The van der Waals surface area contributed by atoms with Gasteiger partial charge in [-0.3, -0.25) is 4.79 Å². The van der Waals surface area contributed by atoms with Crippen LogP contribution < -0.4 is 5.32 Å². The van der Waals surface area contributed by atoms with Crippen molar-refractivity contribution in [2.24, 2.45) is 5.92 Å². The molecule has 0 unspecified atom stereocenters. The van der Waals surface area contributed by atoms with Gasteiger partial charge in [-0.25, -0.2) is 0 Å². The van der Waals surface area contributed by atoms with E-state index in [1.165, 1.54) is 12.1 Å². The maximum atomic E-state index is 12.5. The Kier molecular flexibility index (Phi) is 5.11. The summed E-state index contributed by atoms with van der Waals surface area (Å²) in [5.41, 5.74) is 0.152. The molecule has 1 saturated carbocycles. The van der Waals surface area contributed by atoms with Gasteiger partial charge in [0.25, 0.3) is 0 Å². The van der Waals surface area contributed by atoms with Crippen molar-refractivity contribution in [2.45, 2.75) is 50.9 Å². The van der Waals surface area contributed by atoms with Crippen LogP contribution in [0, 0.1) is 5.92 Å². The monoisotopic (exact) mass is 315 g/mol. The topological polar surface area (TPSA) is 49.3 Å². The minimum absolute atomic E-state index is 0.0614. The number of rotatable bonds is 4. The fraction of sp³-hybridized carbons (Fsp3) is 0.562. The first-order valence-corrected chi connectivity index (χ1v) is 7.43. The minimum atomic E-state index is -4.32. The molecule has 1 aliphatic carbocycles. The first-order chi connectivity index (χ1) is 10.3. The highest BCUT2D eigenvalue weighted by Gasteiger charge is 2.30. The highest BCUT2D eigenvalue weighted by atomic mass is 19.4. The molecule has 1 aliphatic rings. The van der Waals surface area contributed by atoms with Gasteiger partial charge in [-0.2, -0.15) is 13.2 Å². The summed E-state index contributed by atoms with van der Waals surface area (Å²) >= 11 is 0. The zero-order chi connectivity index (χ0) is 16.3. The van der Waals surface area contributed by atoms with Gasteiger partial charge in [0.15, 0.2) is 0 Å². The first-order valence-electron chi connectivity index (χ1n) is 7.43. The molecule has 0 spiro atoms. The van der Waals surface area contributed by atoms with Crippen molar-refractivity contribution < 1.29 is 23.1 Å². The number of halogens is 3. The zero-order valence-corrected chi connectivity index (χ0v) is 12.4. The molecule has 1 aromatic carbocycles. The van der Waals surface area contributed by atoms with E-state index in [2.05, 4.69) is 5.32 Å². The van der Waals surface area contributed by atoms with E-state index in [0.717, 1.165) is 30.5 Å². The van der Waals surface area contributed by atoms with E-state index in [1.807, 2.05) is 6.92 Å². The second-order valence-corrected chi connectivity index (χ2v) is 5.89. The summed E-state index contributed by atoms with van der Waals surface area (Å²) in [5, 5.41) is 12.3. The second-order valence-electron chi connectivity index (χ2n) is 5.89. The Morgan fingerprint density at radius 2 is 1.73 bits per heavy atom. The average Bonchev–Trinajstić information content (AvgIpc) is 2.47. The molecule has 0 radical (unpaired) electrons. The number of alkyl halides is 3. The van der Waals surface area contributed by atoms with Gasteiger partial charge >= 0.3 is 12.1 Å². The third-order valence-electron chi connectivity index (χ3n) is 4.30. The molecule has 2 rings (SSSR count). The van der Waals surface area contributed by atoms with Crippen molar-refractivity contribution in [1.82, 2.24) is 5.32 Å². The quantitative estimate of drug-likeness (QED) is 0.883. The van der Waals surface area contributed by atoms with Crippen LogP contribution in [0.15, 0.2) is 24.3 Å². The fourth-order valence-corrected chi connectivity index (χ4v) is 2.92. The number of carboxylic acid groups (broad SMARTS) is 1. The van der Waals surface area contributed by atoms with Gasteiger partial charge in [-0.15, -0.1) is 0 Å². The van der Waals surface area contributed by atoms with Gasteiger partial charge in [0.05, 0.1) is 11.5 Å². The van der Waals surface area contributed by atoms with Crippen LogP contribution in [0.25, 0.3) is 0 Å². The molecule has 0 bridgehead atoms. The van der Waals surface area contributed by atoms with E-state index in [-0.39, 0.29) is 18.0 Å². The van der Waals surface area contributed by atoms with E-state index in [9.17, 15) is 18.0 Å². The van der Waals surface area contributed by atoms with Crippen LogP contribution in [0.5, 0.6) is 0 Å². The number of aliphatic carboxylic acids is 1. The van der Waals surface area contributed by atoms with Crippen molar-refractivity contribution in [2.75, 3.05) is 0 Å². The molecule has 22 heavy (non-hydrogen) atoms. The van der Waals surface area contributed by atoms with Gasteiger partial charge in [0.1, 0.15) is 0 Å². The Morgan fingerprint density at radius 1 is 1.18 bits per heavy atom. The Labute approximate surface area is 127 Å². The van der Waals surface area contributed by atoms with Crippen molar-refractivity contribution in [3.63, 3.8) is 0 Å². The largest absolute Gasteiger partial charge is 0.481 e. The number of carboxylic acids is 1. The Hall–Kier alpha value is -1.56. The summed E-state index contributed by atoms with van der Waals surface area (Å²) in [4.78, 5) is 10.9. The summed E-state index contributed by atoms with van der Waals surface area (Å²) in [6.45, 7) is 1.91. The molecule has 3 nitrogen and oxygen atoms in total. The van der Waals surface area contributed by atoms with Crippen LogP contribution in [0.4, 0.5) is 13.2 Å². The fourth-order valence-electron chi connectivity index (χ4n) is 2.92. The zero-order valence-electron chi connectivity index (χ0n) is 12.4. The van der Waals surface area contributed by atoms with Crippen LogP contribution in [0.3, 0.4) is 0 Å². The van der Waals surface area contributed by atoms with Gasteiger partial charge in [0, 0.05) is 12.1 Å². The third kappa shape index (κ3) is 4.22. The van der Waals surface area contributed by atoms with Crippen LogP contribution in [-0.2, 0) is 11.0 Å². The minimum Gasteiger partial charge on any atom is -0.481 e. The Balaban J connectivity index is 1.90. The number of nitrogens with one attached hydrogen (secondary N) is 1. The Bertz CT molecular complexity index is 505. The summed E-state index contributed by atoms with van der Waals surface area (Å²) in [5.74, 6) is -1.01. The number of hydrogen-bond acceptors (Lipinski definition) is 2. The van der Waals surface area contributed by atoms with E-state index >= 15 is 0 Å². The second kappa shape index (κ2) is 6.69. The summed E-state index contributed by atoms with van der Waals surface area (Å²) in [7, 11) is 0. The predicted octanol–water partition coefficient (Wildman–Crippen LogP) is 4.00. The van der Waals surface area contributed by atoms with E-state index in [0.29, 0.717) is 12.8 Å². The molecule has 0 amide bonds.